The van der Waals surface area contributed by atoms with E-state index in [-0.39, 0.29) is 12.1 Å². The molecular weight excluding hydrogens is 318 g/mol. The summed E-state index contributed by atoms with van der Waals surface area (Å²) in [5.41, 5.74) is 3.27. The largest absolute Gasteiger partial charge is 0.363 e. The second-order valence-corrected chi connectivity index (χ2v) is 6.12. The van der Waals surface area contributed by atoms with Crippen molar-refractivity contribution in [3.63, 3.8) is 0 Å². The molecule has 4 heterocycles. The Balaban J connectivity index is 1.71. The molecule has 0 bridgehead atoms. The van der Waals surface area contributed by atoms with Gasteiger partial charge in [0.15, 0.2) is 5.11 Å². The highest BCUT2D eigenvalue weighted by molar-refractivity contribution is 7.80. The minimum absolute atomic E-state index is 0.0131. The number of nitrogens with one attached hydrogen (secondary N) is 2. The Kier molecular flexibility index (Phi) is 3.96. The van der Waals surface area contributed by atoms with Gasteiger partial charge in [-0.1, -0.05) is 6.07 Å². The van der Waals surface area contributed by atoms with Crippen molar-refractivity contribution >= 4 is 17.3 Å². The Bertz CT molecular complexity index is 804. The molecule has 1 saturated heterocycles. The minimum atomic E-state index is 0.0131. The Hall–Kier alpha value is -2.73. The first-order chi connectivity index (χ1) is 11.8. The van der Waals surface area contributed by atoms with Gasteiger partial charge in [-0.3, -0.25) is 9.97 Å². The molecule has 0 saturated carbocycles. The maximum atomic E-state index is 5.63. The van der Waals surface area contributed by atoms with E-state index in [4.69, 9.17) is 12.2 Å². The van der Waals surface area contributed by atoms with E-state index < -0.39 is 0 Å². The van der Waals surface area contributed by atoms with Crippen LogP contribution in [-0.2, 0) is 6.54 Å². The number of hydrogen-bond acceptors (Lipinski definition) is 3. The number of thiocarbonyl (C=S) groups is 1. The fourth-order valence-electron chi connectivity index (χ4n) is 3.13. The van der Waals surface area contributed by atoms with Crippen LogP contribution < -0.4 is 5.32 Å². The molecule has 1 aliphatic rings. The van der Waals surface area contributed by atoms with Crippen LogP contribution in [0.1, 0.15) is 29.0 Å². The molecule has 0 amide bonds. The van der Waals surface area contributed by atoms with Gasteiger partial charge in [0.25, 0.3) is 0 Å². The number of H-pyrrole nitrogens is 1. The third-order valence-corrected chi connectivity index (χ3v) is 4.59. The average molecular weight is 335 g/mol. The number of aromatic amines is 1. The molecule has 6 heteroatoms. The second-order valence-electron chi connectivity index (χ2n) is 5.74. The summed E-state index contributed by atoms with van der Waals surface area (Å²) in [6.07, 6.45) is 7.37. The van der Waals surface area contributed by atoms with Crippen LogP contribution in [0.3, 0.4) is 0 Å². The third-order valence-electron chi connectivity index (χ3n) is 4.24. The highest BCUT2D eigenvalue weighted by Gasteiger charge is 2.40. The number of aromatic nitrogens is 3. The first kappa shape index (κ1) is 14.8. The Morgan fingerprint density at radius 2 is 1.92 bits per heavy atom. The molecule has 120 valence electrons. The zero-order valence-electron chi connectivity index (χ0n) is 13.0. The SMILES string of the molecule is S=C1N[C@H](c2ccccn2)[C@@H](c2ccc[nH]2)N1Cc1ccncc1. The molecule has 1 aliphatic heterocycles. The van der Waals surface area contributed by atoms with Crippen LogP contribution in [0.15, 0.2) is 67.3 Å². The molecule has 3 aromatic heterocycles. The van der Waals surface area contributed by atoms with E-state index in [2.05, 4.69) is 31.2 Å². The number of nitrogens with zero attached hydrogens (tertiary/aromatic N) is 3. The van der Waals surface area contributed by atoms with Crippen molar-refractivity contribution in [2.24, 2.45) is 0 Å². The van der Waals surface area contributed by atoms with E-state index >= 15 is 0 Å². The van der Waals surface area contributed by atoms with Gasteiger partial charge in [-0.25, -0.2) is 0 Å². The summed E-state index contributed by atoms with van der Waals surface area (Å²) < 4.78 is 0. The van der Waals surface area contributed by atoms with Crippen molar-refractivity contribution in [3.8, 4) is 0 Å². The van der Waals surface area contributed by atoms with Crippen LogP contribution in [-0.4, -0.2) is 25.0 Å². The molecule has 0 unspecified atom stereocenters. The smallest absolute Gasteiger partial charge is 0.170 e. The summed E-state index contributed by atoms with van der Waals surface area (Å²) in [4.78, 5) is 14.1. The van der Waals surface area contributed by atoms with Crippen LogP contribution in [0.25, 0.3) is 0 Å². The fourth-order valence-corrected chi connectivity index (χ4v) is 3.43. The van der Waals surface area contributed by atoms with Gasteiger partial charge in [-0.2, -0.15) is 0 Å². The molecule has 3 aromatic rings. The van der Waals surface area contributed by atoms with E-state index in [1.807, 2.05) is 61.2 Å². The minimum Gasteiger partial charge on any atom is -0.363 e. The molecule has 0 radical (unpaired) electrons. The summed E-state index contributed by atoms with van der Waals surface area (Å²) in [6.45, 7) is 0.724. The molecule has 1 fully saturated rings. The molecule has 24 heavy (non-hydrogen) atoms. The van der Waals surface area contributed by atoms with Crippen LogP contribution >= 0.6 is 12.2 Å². The lowest BCUT2D eigenvalue weighted by atomic mass is 10.0. The highest BCUT2D eigenvalue weighted by Crippen LogP contribution is 2.38. The molecule has 5 nitrogen and oxygen atoms in total. The van der Waals surface area contributed by atoms with Gasteiger partial charge in [0.1, 0.15) is 0 Å². The second kappa shape index (κ2) is 6.41. The van der Waals surface area contributed by atoms with Crippen molar-refractivity contribution in [3.05, 3.63) is 84.2 Å². The highest BCUT2D eigenvalue weighted by atomic mass is 32.1. The van der Waals surface area contributed by atoms with Crippen LogP contribution in [0.4, 0.5) is 0 Å². The van der Waals surface area contributed by atoms with Crippen molar-refractivity contribution in [2.45, 2.75) is 18.6 Å². The molecule has 2 N–H and O–H groups in total. The zero-order chi connectivity index (χ0) is 16.4. The van der Waals surface area contributed by atoms with E-state index in [9.17, 15) is 0 Å². The van der Waals surface area contributed by atoms with Crippen molar-refractivity contribution < 1.29 is 0 Å². The summed E-state index contributed by atoms with van der Waals surface area (Å²) in [5, 5.41) is 4.18. The quantitative estimate of drug-likeness (QED) is 0.718. The molecule has 0 aromatic carbocycles. The molecule has 0 aliphatic carbocycles. The van der Waals surface area contributed by atoms with Gasteiger partial charge in [0.2, 0.25) is 0 Å². The fraction of sp³-hybridized carbons (Fsp3) is 0.167. The number of pyridine rings is 2. The summed E-state index contributed by atoms with van der Waals surface area (Å²) in [7, 11) is 0. The zero-order valence-corrected chi connectivity index (χ0v) is 13.8. The lowest BCUT2D eigenvalue weighted by Gasteiger charge is -2.27. The van der Waals surface area contributed by atoms with Crippen molar-refractivity contribution in [1.29, 1.82) is 0 Å². The Morgan fingerprint density at radius 3 is 2.62 bits per heavy atom. The van der Waals surface area contributed by atoms with Crippen molar-refractivity contribution in [2.75, 3.05) is 0 Å². The lowest BCUT2D eigenvalue weighted by molar-refractivity contribution is 0.306. The number of rotatable bonds is 4. The number of hydrogen-bond donors (Lipinski definition) is 2. The van der Waals surface area contributed by atoms with Gasteiger partial charge in [0.05, 0.1) is 17.8 Å². The lowest BCUT2D eigenvalue weighted by Crippen LogP contribution is -2.29. The first-order valence-electron chi connectivity index (χ1n) is 7.83. The molecular formula is C18H17N5S. The third kappa shape index (κ3) is 2.76. The standard InChI is InChI=1S/C18H17N5S/c24-18-22-16(14-4-1-2-8-20-14)17(15-5-3-9-21-15)23(18)12-13-6-10-19-11-7-13/h1-11,16-17,21H,12H2,(H,22,24)/t16-,17-/m1/s1. The molecule has 4 rings (SSSR count). The predicted octanol–water partition coefficient (Wildman–Crippen LogP) is 2.98. The van der Waals surface area contributed by atoms with Gasteiger partial charge in [-0.15, -0.1) is 0 Å². The molecule has 0 spiro atoms. The Labute approximate surface area is 145 Å². The van der Waals surface area contributed by atoms with E-state index in [1.54, 1.807) is 0 Å². The summed E-state index contributed by atoms with van der Waals surface area (Å²) in [5.74, 6) is 0. The first-order valence-corrected chi connectivity index (χ1v) is 8.24. The van der Waals surface area contributed by atoms with E-state index in [1.165, 1.54) is 5.56 Å². The monoisotopic (exact) mass is 335 g/mol. The summed E-state index contributed by atoms with van der Waals surface area (Å²) >= 11 is 5.63. The van der Waals surface area contributed by atoms with Gasteiger partial charge < -0.3 is 15.2 Å². The van der Waals surface area contributed by atoms with Gasteiger partial charge in [-0.05, 0) is 54.2 Å². The van der Waals surface area contributed by atoms with E-state index in [0.29, 0.717) is 0 Å². The average Bonchev–Trinajstić information content (AvgIpc) is 3.25. The maximum Gasteiger partial charge on any atom is 0.170 e. The van der Waals surface area contributed by atoms with Gasteiger partial charge in [0, 0.05) is 37.0 Å². The predicted molar refractivity (Wildman–Crippen MR) is 96.0 cm³/mol. The van der Waals surface area contributed by atoms with Gasteiger partial charge >= 0.3 is 0 Å². The Morgan fingerprint density at radius 1 is 1.04 bits per heavy atom. The maximum absolute atomic E-state index is 5.63. The topological polar surface area (TPSA) is 56.8 Å². The summed E-state index contributed by atoms with van der Waals surface area (Å²) in [6, 6.07) is 14.2. The van der Waals surface area contributed by atoms with Crippen LogP contribution in [0.5, 0.6) is 0 Å². The molecule has 2 atom stereocenters. The van der Waals surface area contributed by atoms with Crippen LogP contribution in [0.2, 0.25) is 0 Å². The van der Waals surface area contributed by atoms with Crippen LogP contribution in [0, 0.1) is 0 Å². The van der Waals surface area contributed by atoms with E-state index in [0.717, 1.165) is 23.0 Å². The normalized spacial score (nSPS) is 20.2. The van der Waals surface area contributed by atoms with Crippen molar-refractivity contribution in [1.82, 2.24) is 25.2 Å².